The minimum atomic E-state index is -1.24. The summed E-state index contributed by atoms with van der Waals surface area (Å²) in [6, 6.07) is 3.53. The molecule has 1 aromatic rings. The van der Waals surface area contributed by atoms with Crippen molar-refractivity contribution in [3.63, 3.8) is 0 Å². The van der Waals surface area contributed by atoms with E-state index in [4.69, 9.17) is 10.5 Å². The monoisotopic (exact) mass is 379 g/mol. The highest BCUT2D eigenvalue weighted by molar-refractivity contribution is 7.91. The van der Waals surface area contributed by atoms with Gasteiger partial charge in [0.2, 0.25) is 10.9 Å². The lowest BCUT2D eigenvalue weighted by Gasteiger charge is -2.41. The van der Waals surface area contributed by atoms with Crippen molar-refractivity contribution in [3.8, 4) is 0 Å². The number of carbonyl (C=O) groups is 2. The highest BCUT2D eigenvalue weighted by Gasteiger charge is 2.42. The third-order valence-corrected chi connectivity index (χ3v) is 6.22. The lowest BCUT2D eigenvalue weighted by atomic mass is 9.92. The number of nitrogens with two attached hydrogens (primary N) is 1. The quantitative estimate of drug-likeness (QED) is 0.656. The van der Waals surface area contributed by atoms with Crippen LogP contribution in [0.2, 0.25) is 0 Å². The highest BCUT2D eigenvalue weighted by atomic mass is 32.2. The number of aromatic nitrogens is 1. The molecule has 26 heavy (non-hydrogen) atoms. The van der Waals surface area contributed by atoms with Crippen LogP contribution in [0, 0.1) is 5.92 Å². The van der Waals surface area contributed by atoms with Gasteiger partial charge in [0.15, 0.2) is 0 Å². The van der Waals surface area contributed by atoms with Gasteiger partial charge in [-0.15, -0.1) is 0 Å². The van der Waals surface area contributed by atoms with Gasteiger partial charge in [0, 0.05) is 16.7 Å². The van der Waals surface area contributed by atoms with Crippen LogP contribution in [0.25, 0.3) is 0 Å². The number of hydrogen-bond acceptors (Lipinski definition) is 5. The topological polar surface area (TPSA) is 117 Å². The summed E-state index contributed by atoms with van der Waals surface area (Å²) in [7, 11) is 0. The van der Waals surface area contributed by atoms with Gasteiger partial charge in [0.05, 0.1) is 25.2 Å². The Labute approximate surface area is 156 Å². The number of pyridine rings is 1. The second-order valence-corrected chi connectivity index (χ2v) is 9.05. The normalized spacial score (nSPS) is 19.7. The number of carbonyl (C=O) groups excluding carboxylic acids is 2. The van der Waals surface area contributed by atoms with Crippen molar-refractivity contribution in [1.29, 1.82) is 0 Å². The van der Waals surface area contributed by atoms with E-state index in [0.717, 1.165) is 18.4 Å². The van der Waals surface area contributed by atoms with Crippen LogP contribution in [0.5, 0.6) is 0 Å². The van der Waals surface area contributed by atoms with Gasteiger partial charge < -0.3 is 20.3 Å². The maximum Gasteiger partial charge on any atom is 0.270 e. The fourth-order valence-corrected chi connectivity index (χ4v) is 4.51. The molecule has 1 unspecified atom stereocenters. The van der Waals surface area contributed by atoms with Crippen LogP contribution in [0.15, 0.2) is 17.2 Å². The second kappa shape index (κ2) is 7.54. The van der Waals surface area contributed by atoms with Gasteiger partial charge >= 0.3 is 0 Å². The Morgan fingerprint density at radius 1 is 1.42 bits per heavy atom. The summed E-state index contributed by atoms with van der Waals surface area (Å²) >= 11 is -1.24. The molecule has 0 radical (unpaired) electrons. The minimum Gasteiger partial charge on any atom is -0.610 e. The Bertz CT molecular complexity index is 702. The Balaban J connectivity index is 1.81. The summed E-state index contributed by atoms with van der Waals surface area (Å²) in [6.07, 6.45) is 2.15. The third kappa shape index (κ3) is 4.36. The molecule has 142 valence electrons. The molecule has 0 aromatic carbocycles. The number of amides is 2. The van der Waals surface area contributed by atoms with Crippen LogP contribution in [-0.2, 0) is 20.7 Å². The molecule has 2 aliphatic rings. The zero-order valence-electron chi connectivity index (χ0n) is 15.1. The van der Waals surface area contributed by atoms with Crippen LogP contribution in [0.3, 0.4) is 0 Å². The molecule has 1 atom stereocenters. The summed E-state index contributed by atoms with van der Waals surface area (Å²) in [5.41, 5.74) is 5.70. The van der Waals surface area contributed by atoms with Gasteiger partial charge in [-0.05, 0) is 36.8 Å². The zero-order chi connectivity index (χ0) is 18.9. The molecule has 8 heteroatoms. The van der Waals surface area contributed by atoms with E-state index in [9.17, 15) is 14.1 Å². The molecule has 1 aliphatic carbocycles. The summed E-state index contributed by atoms with van der Waals surface area (Å²) in [6.45, 7) is 4.51. The Morgan fingerprint density at radius 3 is 2.62 bits per heavy atom. The summed E-state index contributed by atoms with van der Waals surface area (Å²) in [5, 5.41) is 3.34. The Hall–Kier alpha value is -1.64. The third-order valence-electron chi connectivity index (χ3n) is 4.49. The first-order valence-corrected chi connectivity index (χ1v) is 10.2. The Kier molecular flexibility index (Phi) is 5.55. The number of rotatable bonds is 8. The van der Waals surface area contributed by atoms with Crippen LogP contribution >= 0.6 is 0 Å². The number of nitrogens with one attached hydrogen (secondary N) is 1. The molecular weight excluding hydrogens is 354 g/mol. The SMILES string of the molecule is CC(C)C[S+]([O-])c1nc(C(=O)NC2(CC(N)=O)COC2)ccc1C1CC1. The predicted octanol–water partition coefficient (Wildman–Crippen LogP) is 1.10. The number of primary amides is 1. The van der Waals surface area contributed by atoms with Crippen LogP contribution in [-0.4, -0.2) is 45.9 Å². The molecule has 1 aromatic heterocycles. The Morgan fingerprint density at radius 2 is 2.12 bits per heavy atom. The second-order valence-electron chi connectivity index (χ2n) is 7.64. The standard InChI is InChI=1S/C18H25N3O4S/c1-11(2)8-26(24)17-13(12-3-4-12)5-6-14(20-17)16(23)21-18(7-15(19)22)9-25-10-18/h5-6,11-12H,3-4,7-10H2,1-2H3,(H2,19,22)(H,21,23). The van der Waals surface area contributed by atoms with E-state index in [0.29, 0.717) is 16.7 Å². The lowest BCUT2D eigenvalue weighted by molar-refractivity contribution is -0.127. The average Bonchev–Trinajstić information content (AvgIpc) is 3.35. The molecule has 1 saturated heterocycles. The molecule has 3 N–H and O–H groups in total. The maximum atomic E-state index is 12.7. The number of nitrogens with zero attached hydrogens (tertiary/aromatic N) is 1. The summed E-state index contributed by atoms with van der Waals surface area (Å²) in [4.78, 5) is 28.3. The van der Waals surface area contributed by atoms with Gasteiger partial charge in [-0.25, -0.2) is 0 Å². The first-order valence-electron chi connectivity index (χ1n) is 8.87. The van der Waals surface area contributed by atoms with Gasteiger partial charge in [0.25, 0.3) is 5.91 Å². The van der Waals surface area contributed by atoms with Crippen LogP contribution in [0.1, 0.15) is 55.1 Å². The first kappa shape index (κ1) is 19.1. The molecule has 1 aliphatic heterocycles. The lowest BCUT2D eigenvalue weighted by Crippen LogP contribution is -2.63. The van der Waals surface area contributed by atoms with Crippen molar-refractivity contribution in [1.82, 2.24) is 10.3 Å². The van der Waals surface area contributed by atoms with Gasteiger partial charge in [-0.2, -0.15) is 4.98 Å². The van der Waals surface area contributed by atoms with Crippen molar-refractivity contribution >= 4 is 23.0 Å². The van der Waals surface area contributed by atoms with E-state index in [2.05, 4.69) is 10.3 Å². The molecule has 2 fully saturated rings. The predicted molar refractivity (Wildman–Crippen MR) is 97.2 cm³/mol. The number of ether oxygens (including phenoxy) is 1. The summed E-state index contributed by atoms with van der Waals surface area (Å²) < 4.78 is 17.9. The molecule has 2 amide bonds. The first-order chi connectivity index (χ1) is 12.3. The summed E-state index contributed by atoms with van der Waals surface area (Å²) in [5.74, 6) is 0.279. The molecule has 7 nitrogen and oxygen atoms in total. The van der Waals surface area contributed by atoms with Crippen molar-refractivity contribution < 1.29 is 18.9 Å². The maximum absolute atomic E-state index is 12.7. The van der Waals surface area contributed by atoms with Gasteiger partial charge in [-0.3, -0.25) is 9.59 Å². The molecule has 3 rings (SSSR count). The van der Waals surface area contributed by atoms with Crippen LogP contribution < -0.4 is 11.1 Å². The molecule has 0 spiro atoms. The van der Waals surface area contributed by atoms with Gasteiger partial charge in [0.1, 0.15) is 11.4 Å². The largest absolute Gasteiger partial charge is 0.610 e. The van der Waals surface area contributed by atoms with E-state index < -0.39 is 28.5 Å². The van der Waals surface area contributed by atoms with E-state index in [1.165, 1.54) is 0 Å². The van der Waals surface area contributed by atoms with E-state index in [1.54, 1.807) is 6.07 Å². The fraction of sp³-hybridized carbons (Fsp3) is 0.611. The van der Waals surface area contributed by atoms with Crippen molar-refractivity contribution in [2.75, 3.05) is 19.0 Å². The minimum absolute atomic E-state index is 0.0189. The van der Waals surface area contributed by atoms with Crippen molar-refractivity contribution in [2.24, 2.45) is 11.7 Å². The van der Waals surface area contributed by atoms with Crippen molar-refractivity contribution in [3.05, 3.63) is 23.4 Å². The van der Waals surface area contributed by atoms with Gasteiger partial charge in [-0.1, -0.05) is 13.8 Å². The van der Waals surface area contributed by atoms with E-state index in [1.807, 2.05) is 19.9 Å². The van der Waals surface area contributed by atoms with E-state index >= 15 is 0 Å². The molecule has 2 heterocycles. The smallest absolute Gasteiger partial charge is 0.270 e. The van der Waals surface area contributed by atoms with Crippen molar-refractivity contribution in [2.45, 2.75) is 49.6 Å². The molecule has 1 saturated carbocycles. The zero-order valence-corrected chi connectivity index (χ0v) is 15.9. The number of hydrogen-bond donors (Lipinski definition) is 2. The molecular formula is C18H25N3O4S. The molecule has 0 bridgehead atoms. The fourth-order valence-electron chi connectivity index (χ4n) is 3.05. The van der Waals surface area contributed by atoms with E-state index in [-0.39, 0.29) is 31.2 Å². The average molecular weight is 379 g/mol. The highest BCUT2D eigenvalue weighted by Crippen LogP contribution is 2.42. The van der Waals surface area contributed by atoms with Crippen LogP contribution in [0.4, 0.5) is 0 Å².